The summed E-state index contributed by atoms with van der Waals surface area (Å²) in [5.41, 5.74) is 0.635. The molecule has 1 fully saturated rings. The number of piperidine rings is 1. The minimum absolute atomic E-state index is 0.000466. The number of aromatic nitrogens is 2. The van der Waals surface area contributed by atoms with E-state index in [1.165, 1.54) is 0 Å². The summed E-state index contributed by atoms with van der Waals surface area (Å²) in [4.78, 5) is 15.4. The van der Waals surface area contributed by atoms with Crippen LogP contribution in [0.5, 0.6) is 5.75 Å². The molecule has 0 radical (unpaired) electrons. The zero-order chi connectivity index (χ0) is 21.2. The van der Waals surface area contributed by atoms with Crippen molar-refractivity contribution in [3.63, 3.8) is 0 Å². The van der Waals surface area contributed by atoms with Crippen molar-refractivity contribution in [2.45, 2.75) is 25.7 Å². The van der Waals surface area contributed by atoms with Crippen molar-refractivity contribution in [1.82, 2.24) is 15.1 Å². The van der Waals surface area contributed by atoms with Gasteiger partial charge in [-0.2, -0.15) is 0 Å². The molecule has 0 aliphatic carbocycles. The Hall–Kier alpha value is -3.61. The lowest BCUT2D eigenvalue weighted by Gasteiger charge is -2.31. The second-order valence-corrected chi connectivity index (χ2v) is 7.58. The first kappa shape index (κ1) is 19.4. The van der Waals surface area contributed by atoms with Crippen LogP contribution in [-0.4, -0.2) is 40.7 Å². The first-order chi connectivity index (χ1) is 15.2. The summed E-state index contributed by atoms with van der Waals surface area (Å²) in [6.07, 6.45) is 3.10. The van der Waals surface area contributed by atoms with Crippen LogP contribution >= 0.6 is 0 Å². The van der Waals surface area contributed by atoms with Gasteiger partial charge in [-0.25, -0.2) is 0 Å². The summed E-state index contributed by atoms with van der Waals surface area (Å²) in [5.74, 6) is 2.30. The molecule has 3 heterocycles. The molecule has 0 N–H and O–H groups in total. The molecule has 0 bridgehead atoms. The molecule has 1 saturated heterocycles. The summed E-state index contributed by atoms with van der Waals surface area (Å²) in [6.45, 7) is 3.68. The number of furan rings is 1. The third-order valence-electron chi connectivity index (χ3n) is 5.71. The van der Waals surface area contributed by atoms with Gasteiger partial charge in [-0.15, -0.1) is 10.2 Å². The lowest BCUT2D eigenvalue weighted by Crippen LogP contribution is -2.38. The van der Waals surface area contributed by atoms with E-state index in [0.717, 1.165) is 23.6 Å². The molecule has 1 amide bonds. The largest absolute Gasteiger partial charge is 0.493 e. The summed E-state index contributed by atoms with van der Waals surface area (Å²) >= 11 is 0. The average Bonchev–Trinajstić information content (AvgIpc) is 3.51. The molecular formula is C24H23N3O4. The van der Waals surface area contributed by atoms with E-state index in [2.05, 4.69) is 10.2 Å². The van der Waals surface area contributed by atoms with E-state index >= 15 is 0 Å². The Morgan fingerprint density at radius 3 is 2.71 bits per heavy atom. The van der Waals surface area contributed by atoms with Gasteiger partial charge in [-0.05, 0) is 48.7 Å². The Kier molecular flexibility index (Phi) is 5.16. The number of amides is 1. The molecule has 1 aliphatic rings. The van der Waals surface area contributed by atoms with E-state index in [4.69, 9.17) is 13.6 Å². The van der Waals surface area contributed by atoms with Gasteiger partial charge in [-0.3, -0.25) is 4.79 Å². The van der Waals surface area contributed by atoms with E-state index < -0.39 is 0 Å². The predicted octanol–water partition coefficient (Wildman–Crippen LogP) is 4.90. The van der Waals surface area contributed by atoms with Crippen molar-refractivity contribution in [1.29, 1.82) is 0 Å². The van der Waals surface area contributed by atoms with Gasteiger partial charge >= 0.3 is 0 Å². The van der Waals surface area contributed by atoms with Gasteiger partial charge in [0.2, 0.25) is 5.89 Å². The molecule has 0 atom stereocenters. The highest BCUT2D eigenvalue weighted by atomic mass is 16.5. The Bertz CT molecular complexity index is 1190. The lowest BCUT2D eigenvalue weighted by atomic mass is 9.95. The standard InChI is InChI=1S/C24H23N3O4/c1-2-29-19-10-9-16-6-3-4-7-18(16)21(19)24(28)27-13-11-17(12-14-27)22-25-26-23(31-22)20-8-5-15-30-20/h3-10,15,17H,2,11-14H2,1H3. The summed E-state index contributed by atoms with van der Waals surface area (Å²) in [5, 5.41) is 10.2. The molecule has 158 valence electrons. The molecule has 2 aromatic carbocycles. The van der Waals surface area contributed by atoms with Crippen molar-refractivity contribution < 1.29 is 18.4 Å². The van der Waals surface area contributed by atoms with Crippen molar-refractivity contribution >= 4 is 16.7 Å². The van der Waals surface area contributed by atoms with Crippen molar-refractivity contribution in [2.75, 3.05) is 19.7 Å². The van der Waals surface area contributed by atoms with Crippen LogP contribution in [0.4, 0.5) is 0 Å². The first-order valence-corrected chi connectivity index (χ1v) is 10.6. The van der Waals surface area contributed by atoms with E-state index in [-0.39, 0.29) is 11.8 Å². The van der Waals surface area contributed by atoms with Crippen LogP contribution < -0.4 is 4.74 Å². The highest BCUT2D eigenvalue weighted by Crippen LogP contribution is 2.33. The highest BCUT2D eigenvalue weighted by Gasteiger charge is 2.30. The van der Waals surface area contributed by atoms with Crippen molar-refractivity contribution in [2.24, 2.45) is 0 Å². The molecule has 31 heavy (non-hydrogen) atoms. The number of fused-ring (bicyclic) bond motifs is 1. The monoisotopic (exact) mass is 417 g/mol. The Morgan fingerprint density at radius 2 is 1.94 bits per heavy atom. The zero-order valence-electron chi connectivity index (χ0n) is 17.3. The molecule has 5 rings (SSSR count). The van der Waals surface area contributed by atoms with Gasteiger partial charge in [0.25, 0.3) is 11.8 Å². The molecule has 0 saturated carbocycles. The minimum Gasteiger partial charge on any atom is -0.493 e. The van der Waals surface area contributed by atoms with Crippen LogP contribution in [0.3, 0.4) is 0 Å². The van der Waals surface area contributed by atoms with Gasteiger partial charge < -0.3 is 18.5 Å². The molecule has 7 nitrogen and oxygen atoms in total. The fraction of sp³-hybridized carbons (Fsp3) is 0.292. The smallest absolute Gasteiger partial charge is 0.283 e. The third kappa shape index (κ3) is 3.67. The van der Waals surface area contributed by atoms with Crippen LogP contribution in [-0.2, 0) is 0 Å². The molecular weight excluding hydrogens is 394 g/mol. The minimum atomic E-state index is 0.000466. The predicted molar refractivity (Wildman–Crippen MR) is 115 cm³/mol. The fourth-order valence-electron chi connectivity index (χ4n) is 4.13. The second kappa shape index (κ2) is 8.26. The van der Waals surface area contributed by atoms with Crippen LogP contribution in [0.25, 0.3) is 22.4 Å². The van der Waals surface area contributed by atoms with Gasteiger partial charge in [0.15, 0.2) is 5.76 Å². The lowest BCUT2D eigenvalue weighted by molar-refractivity contribution is 0.0704. The molecule has 1 aliphatic heterocycles. The number of likely N-dealkylation sites (tertiary alicyclic amines) is 1. The molecule has 4 aromatic rings. The number of hydrogen-bond acceptors (Lipinski definition) is 6. The molecule has 7 heteroatoms. The van der Waals surface area contributed by atoms with Gasteiger partial charge in [0.1, 0.15) is 5.75 Å². The maximum Gasteiger partial charge on any atom is 0.283 e. The van der Waals surface area contributed by atoms with Crippen molar-refractivity contribution in [3.05, 3.63) is 66.2 Å². The van der Waals surface area contributed by atoms with Gasteiger partial charge in [0.05, 0.1) is 18.4 Å². The Balaban J connectivity index is 1.34. The molecule has 2 aromatic heterocycles. The first-order valence-electron chi connectivity index (χ1n) is 10.6. The fourth-order valence-corrected chi connectivity index (χ4v) is 4.13. The number of carbonyl (C=O) groups is 1. The number of hydrogen-bond donors (Lipinski definition) is 0. The number of rotatable bonds is 5. The van der Waals surface area contributed by atoms with E-state index in [0.29, 0.717) is 48.6 Å². The number of benzene rings is 2. The van der Waals surface area contributed by atoms with Crippen LogP contribution in [0.15, 0.2) is 63.6 Å². The van der Waals surface area contributed by atoms with Crippen molar-refractivity contribution in [3.8, 4) is 17.4 Å². The van der Waals surface area contributed by atoms with Gasteiger partial charge in [0, 0.05) is 19.0 Å². The van der Waals surface area contributed by atoms with E-state index in [9.17, 15) is 4.79 Å². The summed E-state index contributed by atoms with van der Waals surface area (Å²) in [7, 11) is 0. The number of nitrogens with zero attached hydrogens (tertiary/aromatic N) is 3. The van der Waals surface area contributed by atoms with Crippen LogP contribution in [0, 0.1) is 0 Å². The van der Waals surface area contributed by atoms with E-state index in [1.807, 2.05) is 48.2 Å². The SMILES string of the molecule is CCOc1ccc2ccccc2c1C(=O)N1CCC(c2nnc(-c3ccco3)o2)CC1. The van der Waals surface area contributed by atoms with Crippen LogP contribution in [0.1, 0.15) is 41.9 Å². The average molecular weight is 417 g/mol. The summed E-state index contributed by atoms with van der Waals surface area (Å²) < 4.78 is 16.9. The molecule has 0 unspecified atom stereocenters. The maximum absolute atomic E-state index is 13.5. The van der Waals surface area contributed by atoms with Crippen LogP contribution in [0.2, 0.25) is 0 Å². The topological polar surface area (TPSA) is 81.6 Å². The number of ether oxygens (including phenoxy) is 1. The highest BCUT2D eigenvalue weighted by molar-refractivity contribution is 6.09. The Labute approximate surface area is 179 Å². The van der Waals surface area contributed by atoms with Gasteiger partial charge in [-0.1, -0.05) is 30.3 Å². The normalized spacial score (nSPS) is 14.8. The maximum atomic E-state index is 13.5. The molecule has 0 spiro atoms. The van der Waals surface area contributed by atoms with E-state index in [1.54, 1.807) is 18.4 Å². The number of carbonyl (C=O) groups excluding carboxylic acids is 1. The zero-order valence-corrected chi connectivity index (χ0v) is 17.3. The summed E-state index contributed by atoms with van der Waals surface area (Å²) in [6, 6.07) is 15.4. The second-order valence-electron chi connectivity index (χ2n) is 7.58. The Morgan fingerprint density at radius 1 is 1.10 bits per heavy atom. The third-order valence-corrected chi connectivity index (χ3v) is 5.71. The quantitative estimate of drug-likeness (QED) is 0.459.